The molecule has 20 heavy (non-hydrogen) atoms. The molecule has 0 amide bonds. The highest BCUT2D eigenvalue weighted by Crippen LogP contribution is 2.19. The van der Waals surface area contributed by atoms with Crippen LogP contribution in [0.15, 0.2) is 47.8 Å². The van der Waals surface area contributed by atoms with Crippen molar-refractivity contribution in [3.63, 3.8) is 0 Å². The fourth-order valence-corrected chi connectivity index (χ4v) is 2.78. The highest BCUT2D eigenvalue weighted by atomic mass is 32.1. The summed E-state index contributed by atoms with van der Waals surface area (Å²) in [7, 11) is 1.86. The van der Waals surface area contributed by atoms with Gasteiger partial charge in [-0.25, -0.2) is 0 Å². The number of nitrogens with zero attached hydrogens (tertiary/aromatic N) is 3. The Morgan fingerprint density at radius 3 is 2.65 bits per heavy atom. The number of aryl methyl sites for hydroxylation is 1. The van der Waals surface area contributed by atoms with Crippen LogP contribution in [-0.2, 0) is 20.1 Å². The molecule has 0 saturated heterocycles. The van der Waals surface area contributed by atoms with Crippen molar-refractivity contribution in [2.24, 2.45) is 7.05 Å². The molecule has 0 spiro atoms. The molecule has 1 aromatic carbocycles. The molecule has 2 heterocycles. The van der Waals surface area contributed by atoms with Crippen LogP contribution in [-0.4, -0.2) is 15.0 Å². The fraction of sp³-hybridized carbons (Fsp3) is 0.200. The maximum atomic E-state index is 4.46. The predicted octanol–water partition coefficient (Wildman–Crippen LogP) is 2.83. The maximum absolute atomic E-state index is 4.46. The first-order chi connectivity index (χ1) is 9.83. The van der Waals surface area contributed by atoms with E-state index in [1.54, 1.807) is 16.1 Å². The number of nitrogens with one attached hydrogen (secondary N) is 1. The molecular formula is C15H16N4S. The summed E-state index contributed by atoms with van der Waals surface area (Å²) in [5.74, 6) is 0. The Kier molecular flexibility index (Phi) is 3.90. The van der Waals surface area contributed by atoms with Crippen LogP contribution in [0.3, 0.4) is 0 Å². The van der Waals surface area contributed by atoms with Gasteiger partial charge in [0.1, 0.15) is 11.4 Å². The van der Waals surface area contributed by atoms with E-state index in [4.69, 9.17) is 0 Å². The van der Waals surface area contributed by atoms with Gasteiger partial charge in [0.2, 0.25) is 0 Å². The molecule has 0 saturated carbocycles. The summed E-state index contributed by atoms with van der Waals surface area (Å²) >= 11 is 1.76. The van der Waals surface area contributed by atoms with E-state index in [1.165, 1.54) is 4.88 Å². The Labute approximate surface area is 122 Å². The second kappa shape index (κ2) is 5.98. The number of thiophene rings is 1. The number of hydrogen-bond donors (Lipinski definition) is 1. The molecule has 3 rings (SSSR count). The molecule has 1 N–H and O–H groups in total. The van der Waals surface area contributed by atoms with Crippen LogP contribution in [0.4, 0.5) is 0 Å². The lowest BCUT2D eigenvalue weighted by atomic mass is 10.1. The van der Waals surface area contributed by atoms with Crippen LogP contribution in [0.2, 0.25) is 0 Å². The SMILES string of the molecule is Cn1nc(CNCc2cccs2)c(-c2ccccc2)n1. The van der Waals surface area contributed by atoms with Gasteiger partial charge in [0.15, 0.2) is 0 Å². The fourth-order valence-electron chi connectivity index (χ4n) is 2.10. The number of aromatic nitrogens is 3. The van der Waals surface area contributed by atoms with E-state index in [0.29, 0.717) is 0 Å². The average molecular weight is 284 g/mol. The monoisotopic (exact) mass is 284 g/mol. The van der Waals surface area contributed by atoms with E-state index >= 15 is 0 Å². The van der Waals surface area contributed by atoms with Gasteiger partial charge in [-0.2, -0.15) is 15.0 Å². The van der Waals surface area contributed by atoms with Crippen molar-refractivity contribution in [2.45, 2.75) is 13.1 Å². The van der Waals surface area contributed by atoms with Crippen LogP contribution in [0, 0.1) is 0 Å². The molecule has 102 valence electrons. The van der Waals surface area contributed by atoms with Crippen molar-refractivity contribution in [1.29, 1.82) is 0 Å². The van der Waals surface area contributed by atoms with E-state index in [2.05, 4.69) is 45.2 Å². The molecule has 5 heteroatoms. The van der Waals surface area contributed by atoms with E-state index in [1.807, 2.05) is 25.2 Å². The van der Waals surface area contributed by atoms with Crippen LogP contribution < -0.4 is 5.32 Å². The number of rotatable bonds is 5. The van der Waals surface area contributed by atoms with Crippen molar-refractivity contribution in [1.82, 2.24) is 20.3 Å². The summed E-state index contributed by atoms with van der Waals surface area (Å²) < 4.78 is 0. The van der Waals surface area contributed by atoms with Crippen molar-refractivity contribution in [3.8, 4) is 11.3 Å². The first-order valence-electron chi connectivity index (χ1n) is 6.51. The Hall–Kier alpha value is -1.98. The average Bonchev–Trinajstić information content (AvgIpc) is 3.10. The molecule has 0 aliphatic rings. The molecule has 0 radical (unpaired) electrons. The third-order valence-corrected chi connectivity index (χ3v) is 3.88. The van der Waals surface area contributed by atoms with E-state index in [-0.39, 0.29) is 0 Å². The lowest BCUT2D eigenvalue weighted by molar-refractivity contribution is 0.625. The highest BCUT2D eigenvalue weighted by Gasteiger charge is 2.11. The van der Waals surface area contributed by atoms with E-state index < -0.39 is 0 Å². The van der Waals surface area contributed by atoms with E-state index in [9.17, 15) is 0 Å². The topological polar surface area (TPSA) is 42.7 Å². The van der Waals surface area contributed by atoms with Gasteiger partial charge < -0.3 is 5.32 Å². The minimum Gasteiger partial charge on any atom is -0.306 e. The normalized spacial score (nSPS) is 10.8. The second-order valence-corrected chi connectivity index (χ2v) is 5.57. The standard InChI is InChI=1S/C15H16N4S/c1-19-17-14(11-16-10-13-8-5-9-20-13)15(18-19)12-6-3-2-4-7-12/h2-9,16H,10-11H2,1H3. The third-order valence-electron chi connectivity index (χ3n) is 3.00. The molecule has 3 aromatic rings. The smallest absolute Gasteiger partial charge is 0.117 e. The maximum Gasteiger partial charge on any atom is 0.117 e. The lowest BCUT2D eigenvalue weighted by Gasteiger charge is -2.02. The Bertz CT molecular complexity index is 659. The summed E-state index contributed by atoms with van der Waals surface area (Å²) in [5, 5.41) is 14.4. The molecule has 0 bridgehead atoms. The van der Waals surface area contributed by atoms with Gasteiger partial charge in [0, 0.05) is 30.6 Å². The summed E-state index contributed by atoms with van der Waals surface area (Å²) in [4.78, 5) is 2.96. The zero-order valence-electron chi connectivity index (χ0n) is 11.3. The van der Waals surface area contributed by atoms with Crippen LogP contribution in [0.25, 0.3) is 11.3 Å². The van der Waals surface area contributed by atoms with Crippen molar-refractivity contribution in [2.75, 3.05) is 0 Å². The summed E-state index contributed by atoms with van der Waals surface area (Å²) in [5.41, 5.74) is 3.04. The number of benzene rings is 1. The molecule has 2 aromatic heterocycles. The first kappa shape index (κ1) is 13.0. The van der Waals surface area contributed by atoms with Gasteiger partial charge in [0.05, 0.1) is 0 Å². The Morgan fingerprint density at radius 2 is 1.90 bits per heavy atom. The summed E-state index contributed by atoms with van der Waals surface area (Å²) in [6.07, 6.45) is 0. The summed E-state index contributed by atoms with van der Waals surface area (Å²) in [6, 6.07) is 14.4. The lowest BCUT2D eigenvalue weighted by Crippen LogP contribution is -2.13. The van der Waals surface area contributed by atoms with Crippen LogP contribution in [0.1, 0.15) is 10.6 Å². The molecule has 0 aliphatic heterocycles. The predicted molar refractivity (Wildman–Crippen MR) is 81.3 cm³/mol. The molecule has 0 unspecified atom stereocenters. The van der Waals surface area contributed by atoms with Gasteiger partial charge in [-0.05, 0) is 11.4 Å². The Morgan fingerprint density at radius 1 is 1.05 bits per heavy atom. The van der Waals surface area contributed by atoms with Gasteiger partial charge in [-0.15, -0.1) is 11.3 Å². The Balaban J connectivity index is 1.73. The quantitative estimate of drug-likeness (QED) is 0.783. The minimum atomic E-state index is 0.718. The van der Waals surface area contributed by atoms with Crippen molar-refractivity contribution < 1.29 is 0 Å². The minimum absolute atomic E-state index is 0.718. The van der Waals surface area contributed by atoms with Crippen LogP contribution >= 0.6 is 11.3 Å². The first-order valence-corrected chi connectivity index (χ1v) is 7.39. The third kappa shape index (κ3) is 2.95. The molecule has 0 aliphatic carbocycles. The van der Waals surface area contributed by atoms with Gasteiger partial charge in [-0.1, -0.05) is 36.4 Å². The second-order valence-electron chi connectivity index (χ2n) is 4.53. The molecule has 0 atom stereocenters. The van der Waals surface area contributed by atoms with Crippen molar-refractivity contribution in [3.05, 3.63) is 58.4 Å². The zero-order chi connectivity index (χ0) is 13.8. The summed E-state index contributed by atoms with van der Waals surface area (Å²) in [6.45, 7) is 1.58. The molecule has 0 fully saturated rings. The highest BCUT2D eigenvalue weighted by molar-refractivity contribution is 7.09. The van der Waals surface area contributed by atoms with Crippen molar-refractivity contribution >= 4 is 11.3 Å². The van der Waals surface area contributed by atoms with Crippen LogP contribution in [0.5, 0.6) is 0 Å². The molecular weight excluding hydrogens is 268 g/mol. The van der Waals surface area contributed by atoms with Gasteiger partial charge in [-0.3, -0.25) is 0 Å². The largest absolute Gasteiger partial charge is 0.306 e. The molecule has 4 nitrogen and oxygen atoms in total. The van der Waals surface area contributed by atoms with Gasteiger partial charge >= 0.3 is 0 Å². The van der Waals surface area contributed by atoms with Gasteiger partial charge in [0.25, 0.3) is 0 Å². The zero-order valence-corrected chi connectivity index (χ0v) is 12.1. The number of hydrogen-bond acceptors (Lipinski definition) is 4. The van der Waals surface area contributed by atoms with E-state index in [0.717, 1.165) is 30.0 Å².